The first kappa shape index (κ1) is 18.8. The topological polar surface area (TPSA) is 78.6 Å². The van der Waals surface area contributed by atoms with E-state index in [1.165, 1.54) is 0 Å². The minimum Gasteiger partial charge on any atom is -0.379 e. The summed E-state index contributed by atoms with van der Waals surface area (Å²) in [6.07, 6.45) is 0. The first-order valence-corrected chi connectivity index (χ1v) is 8.25. The van der Waals surface area contributed by atoms with Crippen molar-refractivity contribution in [1.82, 2.24) is 0 Å². The quantitative estimate of drug-likeness (QED) is 0.726. The van der Waals surface area contributed by atoms with Crippen molar-refractivity contribution >= 4 is 10.0 Å². The Morgan fingerprint density at radius 1 is 1.05 bits per heavy atom. The molecule has 1 atom stereocenters. The molecule has 0 aliphatic carbocycles. The monoisotopic (exact) mass is 295 g/mol. The Kier molecular flexibility index (Phi) is 6.95. The largest absolute Gasteiger partial charge is 0.379 e. The van der Waals surface area contributed by atoms with Crippen molar-refractivity contribution in [1.29, 1.82) is 0 Å². The maximum absolute atomic E-state index is 11.2. The highest BCUT2D eigenvalue weighted by atomic mass is 32.2. The lowest BCUT2D eigenvalue weighted by molar-refractivity contribution is -0.0433. The van der Waals surface area contributed by atoms with Crippen LogP contribution in [-0.4, -0.2) is 39.6 Å². The summed E-state index contributed by atoms with van der Waals surface area (Å²) in [5.41, 5.74) is -0.356. The smallest absolute Gasteiger partial charge is 0.209 e. The lowest BCUT2D eigenvalue weighted by Gasteiger charge is -2.30. The minimum absolute atomic E-state index is 0.0589. The number of rotatable bonds is 7. The van der Waals surface area contributed by atoms with Crippen LogP contribution in [0.3, 0.4) is 0 Å². The number of primary sulfonamides is 1. The molecule has 0 aromatic heterocycles. The number of hydrogen-bond acceptors (Lipinski definition) is 4. The number of hydrogen-bond donors (Lipinski definition) is 1. The predicted octanol–water partition coefficient (Wildman–Crippen LogP) is 1.77. The Labute approximate surface area is 117 Å². The molecule has 116 valence electrons. The summed E-state index contributed by atoms with van der Waals surface area (Å²) >= 11 is 0. The van der Waals surface area contributed by atoms with Crippen molar-refractivity contribution < 1.29 is 17.9 Å². The Morgan fingerprint density at radius 3 is 1.95 bits per heavy atom. The van der Waals surface area contributed by atoms with Gasteiger partial charge in [-0.25, -0.2) is 13.6 Å². The van der Waals surface area contributed by atoms with Crippen molar-refractivity contribution in [3.63, 3.8) is 0 Å². The van der Waals surface area contributed by atoms with Crippen LogP contribution in [-0.2, 0) is 19.5 Å². The SMILES string of the molecule is CC(C)(C)OCCOCC(CS(N)(=O)=O)C(C)(C)C. The summed E-state index contributed by atoms with van der Waals surface area (Å²) in [5.74, 6) is -0.187. The fourth-order valence-corrected chi connectivity index (χ4v) is 2.62. The highest BCUT2D eigenvalue weighted by Crippen LogP contribution is 2.27. The van der Waals surface area contributed by atoms with Crippen LogP contribution in [0, 0.1) is 11.3 Å². The standard InChI is InChI=1S/C13H29NO4S/c1-12(2,3)11(10-19(14,15)16)9-17-7-8-18-13(4,5)6/h11H,7-10H2,1-6H3,(H2,14,15,16). The molecule has 0 aromatic carbocycles. The van der Waals surface area contributed by atoms with Crippen LogP contribution in [0.15, 0.2) is 0 Å². The zero-order chi connectivity index (χ0) is 15.3. The fourth-order valence-electron chi connectivity index (χ4n) is 1.46. The summed E-state index contributed by atoms with van der Waals surface area (Å²) in [7, 11) is -3.48. The molecule has 0 spiro atoms. The molecule has 0 rings (SSSR count). The highest BCUT2D eigenvalue weighted by molar-refractivity contribution is 7.89. The number of ether oxygens (including phenoxy) is 2. The lowest BCUT2D eigenvalue weighted by Crippen LogP contribution is -2.35. The molecule has 0 saturated carbocycles. The van der Waals surface area contributed by atoms with E-state index >= 15 is 0 Å². The molecule has 0 saturated heterocycles. The first-order valence-electron chi connectivity index (χ1n) is 6.53. The van der Waals surface area contributed by atoms with Crippen molar-refractivity contribution in [2.24, 2.45) is 16.5 Å². The summed E-state index contributed by atoms with van der Waals surface area (Å²) < 4.78 is 33.5. The molecule has 19 heavy (non-hydrogen) atoms. The Bertz CT molecular complexity index is 352. The van der Waals surface area contributed by atoms with E-state index in [-0.39, 0.29) is 22.7 Å². The molecule has 0 radical (unpaired) electrons. The van der Waals surface area contributed by atoms with E-state index < -0.39 is 10.0 Å². The maximum Gasteiger partial charge on any atom is 0.209 e. The summed E-state index contributed by atoms with van der Waals surface area (Å²) in [6.45, 7) is 13.2. The first-order chi connectivity index (χ1) is 8.31. The van der Waals surface area contributed by atoms with Gasteiger partial charge in [-0.05, 0) is 26.2 Å². The van der Waals surface area contributed by atoms with Crippen molar-refractivity contribution in [3.05, 3.63) is 0 Å². The molecule has 1 unspecified atom stereocenters. The van der Waals surface area contributed by atoms with Crippen LogP contribution in [0.2, 0.25) is 0 Å². The van der Waals surface area contributed by atoms with E-state index in [0.29, 0.717) is 19.8 Å². The molecule has 0 heterocycles. The average Bonchev–Trinajstić information content (AvgIpc) is 2.10. The van der Waals surface area contributed by atoms with Gasteiger partial charge in [-0.15, -0.1) is 0 Å². The lowest BCUT2D eigenvalue weighted by atomic mass is 9.82. The van der Waals surface area contributed by atoms with Gasteiger partial charge >= 0.3 is 0 Å². The Morgan fingerprint density at radius 2 is 1.58 bits per heavy atom. The molecular weight excluding hydrogens is 266 g/mol. The van der Waals surface area contributed by atoms with E-state index in [9.17, 15) is 8.42 Å². The highest BCUT2D eigenvalue weighted by Gasteiger charge is 2.28. The van der Waals surface area contributed by atoms with Crippen molar-refractivity contribution in [3.8, 4) is 0 Å². The minimum atomic E-state index is -3.48. The molecule has 0 aliphatic heterocycles. The normalized spacial score (nSPS) is 15.5. The second kappa shape index (κ2) is 7.02. The maximum atomic E-state index is 11.2. The zero-order valence-corrected chi connectivity index (χ0v) is 13.8. The fraction of sp³-hybridized carbons (Fsp3) is 1.00. The molecule has 2 N–H and O–H groups in total. The summed E-state index contributed by atoms with van der Waals surface area (Å²) in [6, 6.07) is 0. The molecular formula is C13H29NO4S. The Hall–Kier alpha value is -0.170. The van der Waals surface area contributed by atoms with E-state index in [2.05, 4.69) is 0 Å². The van der Waals surface area contributed by atoms with Crippen LogP contribution in [0.4, 0.5) is 0 Å². The van der Waals surface area contributed by atoms with Gasteiger partial charge in [0.2, 0.25) is 10.0 Å². The predicted molar refractivity (Wildman–Crippen MR) is 77.4 cm³/mol. The average molecular weight is 295 g/mol. The van der Waals surface area contributed by atoms with Gasteiger partial charge in [0.1, 0.15) is 0 Å². The van der Waals surface area contributed by atoms with Gasteiger partial charge in [0, 0.05) is 5.92 Å². The van der Waals surface area contributed by atoms with E-state index in [1.54, 1.807) is 0 Å². The summed E-state index contributed by atoms with van der Waals surface area (Å²) in [5, 5.41) is 5.11. The molecule has 5 nitrogen and oxygen atoms in total. The van der Waals surface area contributed by atoms with Crippen molar-refractivity contribution in [2.75, 3.05) is 25.6 Å². The van der Waals surface area contributed by atoms with Gasteiger partial charge in [-0.1, -0.05) is 20.8 Å². The van der Waals surface area contributed by atoms with E-state index in [0.717, 1.165) is 0 Å². The van der Waals surface area contributed by atoms with Gasteiger partial charge in [-0.2, -0.15) is 0 Å². The molecule has 0 bridgehead atoms. The van der Waals surface area contributed by atoms with Crippen LogP contribution < -0.4 is 5.14 Å². The second-order valence-corrected chi connectivity index (χ2v) is 8.59. The van der Waals surface area contributed by atoms with E-state index in [1.807, 2.05) is 41.5 Å². The van der Waals surface area contributed by atoms with Crippen molar-refractivity contribution in [2.45, 2.75) is 47.1 Å². The second-order valence-electron chi connectivity index (χ2n) is 6.93. The third-order valence-corrected chi connectivity index (χ3v) is 3.61. The molecule has 0 amide bonds. The third-order valence-electron chi connectivity index (χ3n) is 2.74. The van der Waals surface area contributed by atoms with Gasteiger partial charge in [0.05, 0.1) is 31.2 Å². The summed E-state index contributed by atoms with van der Waals surface area (Å²) in [4.78, 5) is 0. The zero-order valence-electron chi connectivity index (χ0n) is 13.0. The molecule has 0 aliphatic rings. The van der Waals surface area contributed by atoms with Gasteiger partial charge < -0.3 is 9.47 Å². The van der Waals surface area contributed by atoms with Gasteiger partial charge in [0.15, 0.2) is 0 Å². The third kappa shape index (κ3) is 11.4. The van der Waals surface area contributed by atoms with Crippen LogP contribution >= 0.6 is 0 Å². The van der Waals surface area contributed by atoms with Crippen LogP contribution in [0.25, 0.3) is 0 Å². The number of sulfonamides is 1. The number of nitrogens with two attached hydrogens (primary N) is 1. The van der Waals surface area contributed by atoms with Gasteiger partial charge in [0.25, 0.3) is 0 Å². The molecule has 6 heteroatoms. The van der Waals surface area contributed by atoms with Gasteiger partial charge in [-0.3, -0.25) is 0 Å². The molecule has 0 aromatic rings. The van der Waals surface area contributed by atoms with E-state index in [4.69, 9.17) is 14.6 Å². The van der Waals surface area contributed by atoms with Crippen LogP contribution in [0.1, 0.15) is 41.5 Å². The Balaban J connectivity index is 4.16. The molecule has 0 fully saturated rings. The van der Waals surface area contributed by atoms with Crippen LogP contribution in [0.5, 0.6) is 0 Å².